The Bertz CT molecular complexity index is 426. The zero-order valence-corrected chi connectivity index (χ0v) is 17.0. The molecule has 0 aromatic rings. The van der Waals surface area contributed by atoms with E-state index in [2.05, 4.69) is 11.1 Å². The summed E-state index contributed by atoms with van der Waals surface area (Å²) in [5.74, 6) is -1.38. The normalized spacial score (nSPS) is 12.4. The van der Waals surface area contributed by atoms with Gasteiger partial charge in [-0.05, 0) is 6.42 Å². The molecule has 0 aromatic carbocycles. The molecule has 152 valence electrons. The van der Waals surface area contributed by atoms with Crippen molar-refractivity contribution in [1.29, 1.82) is 0 Å². The van der Waals surface area contributed by atoms with E-state index in [0.29, 0.717) is 6.42 Å². The zero-order valence-electron chi connectivity index (χ0n) is 16.2. The van der Waals surface area contributed by atoms with Gasteiger partial charge in [0.05, 0.1) is 5.92 Å². The molecule has 0 saturated carbocycles. The van der Waals surface area contributed by atoms with Crippen molar-refractivity contribution in [1.82, 2.24) is 0 Å². The van der Waals surface area contributed by atoms with E-state index in [4.69, 9.17) is 4.55 Å². The Morgan fingerprint density at radius 3 is 1.50 bits per heavy atom. The standard InChI is InChI=1S/C19H38O5S.Na.H/c1-3-4-5-6-7-8-9-10-11-12-13-14-15-16-17-18(2)19(20)24-25(21,22)23;;/h18H,3-17H2,1-2H3,(H,21,22,23);;. The molecule has 5 nitrogen and oxygen atoms in total. The molecule has 0 aliphatic heterocycles. The van der Waals surface area contributed by atoms with E-state index >= 15 is 0 Å². The van der Waals surface area contributed by atoms with E-state index in [1.807, 2.05) is 0 Å². The van der Waals surface area contributed by atoms with E-state index in [0.717, 1.165) is 19.3 Å². The van der Waals surface area contributed by atoms with Crippen molar-refractivity contribution in [3.8, 4) is 0 Å². The Morgan fingerprint density at radius 2 is 1.15 bits per heavy atom. The van der Waals surface area contributed by atoms with Crippen LogP contribution in [0, 0.1) is 5.92 Å². The summed E-state index contributed by atoms with van der Waals surface area (Å²) in [6.07, 6.45) is 18.4. The third kappa shape index (κ3) is 20.7. The van der Waals surface area contributed by atoms with Crippen LogP contribution in [0.15, 0.2) is 0 Å². The molecule has 0 heterocycles. The quantitative estimate of drug-likeness (QED) is 0.206. The Kier molecular flexibility index (Phi) is 20.6. The van der Waals surface area contributed by atoms with Crippen LogP contribution in [0.25, 0.3) is 0 Å². The molecule has 0 rings (SSSR count). The van der Waals surface area contributed by atoms with E-state index in [9.17, 15) is 13.2 Å². The molecule has 0 aliphatic rings. The van der Waals surface area contributed by atoms with Gasteiger partial charge in [-0.2, -0.15) is 8.42 Å². The van der Waals surface area contributed by atoms with Gasteiger partial charge in [0.1, 0.15) is 0 Å². The van der Waals surface area contributed by atoms with E-state index in [-0.39, 0.29) is 29.6 Å². The van der Waals surface area contributed by atoms with E-state index < -0.39 is 22.3 Å². The minimum atomic E-state index is -4.68. The first-order chi connectivity index (χ1) is 11.9. The molecule has 7 heteroatoms. The molecule has 1 N–H and O–H groups in total. The van der Waals surface area contributed by atoms with Crippen LogP contribution < -0.4 is 0 Å². The molecule has 0 saturated heterocycles. The third-order valence-electron chi connectivity index (χ3n) is 4.58. The van der Waals surface area contributed by atoms with Crippen molar-refractivity contribution >= 4 is 45.9 Å². The first-order valence-corrected chi connectivity index (χ1v) is 11.4. The molecule has 0 aliphatic carbocycles. The number of carbonyl (C=O) groups excluding carboxylic acids is 1. The summed E-state index contributed by atoms with van der Waals surface area (Å²) in [5, 5.41) is 0. The first-order valence-electron chi connectivity index (χ1n) is 10.1. The molecule has 1 atom stereocenters. The molecule has 0 radical (unpaired) electrons. The molecule has 0 amide bonds. The van der Waals surface area contributed by atoms with E-state index in [1.54, 1.807) is 6.92 Å². The second kappa shape index (κ2) is 18.7. The average molecular weight is 403 g/mol. The van der Waals surface area contributed by atoms with Crippen LogP contribution in [0.3, 0.4) is 0 Å². The third-order valence-corrected chi connectivity index (χ3v) is 4.96. The Labute approximate surface area is 183 Å². The SMILES string of the molecule is CCCCCCCCCCCCCCCCC(C)C(=O)OS(=O)(=O)O.[NaH]. The summed E-state index contributed by atoms with van der Waals surface area (Å²) < 4.78 is 33.3. The van der Waals surface area contributed by atoms with Crippen molar-refractivity contribution < 1.29 is 21.9 Å². The summed E-state index contributed by atoms with van der Waals surface area (Å²) in [4.78, 5) is 11.4. The van der Waals surface area contributed by atoms with Gasteiger partial charge < -0.3 is 4.18 Å². The van der Waals surface area contributed by atoms with Crippen molar-refractivity contribution in [2.75, 3.05) is 0 Å². The molecule has 0 aromatic heterocycles. The van der Waals surface area contributed by atoms with Gasteiger partial charge in [0, 0.05) is 0 Å². The van der Waals surface area contributed by atoms with E-state index in [1.165, 1.54) is 70.6 Å². The fourth-order valence-electron chi connectivity index (χ4n) is 2.95. The predicted octanol–water partition coefficient (Wildman–Crippen LogP) is 5.19. The molecule has 26 heavy (non-hydrogen) atoms. The Hall–Kier alpha value is 0.380. The van der Waals surface area contributed by atoms with Gasteiger partial charge in [0.15, 0.2) is 0 Å². The Morgan fingerprint density at radius 1 is 0.808 bits per heavy atom. The zero-order chi connectivity index (χ0) is 19.0. The summed E-state index contributed by atoms with van der Waals surface area (Å²) in [5.41, 5.74) is 0. The maximum absolute atomic E-state index is 11.4. The minimum absolute atomic E-state index is 0. The topological polar surface area (TPSA) is 80.7 Å². The fraction of sp³-hybridized carbons (Fsp3) is 0.947. The second-order valence-electron chi connectivity index (χ2n) is 7.12. The van der Waals surface area contributed by atoms with Crippen LogP contribution in [-0.4, -0.2) is 48.5 Å². The number of unbranched alkanes of at least 4 members (excludes halogenated alkanes) is 13. The Balaban J connectivity index is 0. The number of carbonyl (C=O) groups is 1. The van der Waals surface area contributed by atoms with Gasteiger partial charge in [-0.25, -0.2) is 0 Å². The molecular weight excluding hydrogens is 363 g/mol. The monoisotopic (exact) mass is 402 g/mol. The first kappa shape index (κ1) is 28.6. The van der Waals surface area contributed by atoms with Crippen molar-refractivity contribution in [3.63, 3.8) is 0 Å². The molecular formula is C19H39NaO5S. The van der Waals surface area contributed by atoms with Crippen LogP contribution in [0.1, 0.15) is 110 Å². The van der Waals surface area contributed by atoms with Crippen molar-refractivity contribution in [3.05, 3.63) is 0 Å². The number of hydrogen-bond acceptors (Lipinski definition) is 4. The molecule has 1 unspecified atom stereocenters. The van der Waals surface area contributed by atoms with Crippen LogP contribution in [0.5, 0.6) is 0 Å². The predicted molar refractivity (Wildman–Crippen MR) is 109 cm³/mol. The van der Waals surface area contributed by atoms with Crippen molar-refractivity contribution in [2.24, 2.45) is 5.92 Å². The van der Waals surface area contributed by atoms with Gasteiger partial charge in [-0.15, -0.1) is 0 Å². The van der Waals surface area contributed by atoms with Gasteiger partial charge in [0.2, 0.25) is 0 Å². The fourth-order valence-corrected chi connectivity index (χ4v) is 3.32. The summed E-state index contributed by atoms with van der Waals surface area (Å²) >= 11 is 0. The van der Waals surface area contributed by atoms with Crippen LogP contribution >= 0.6 is 0 Å². The number of rotatable bonds is 17. The number of hydrogen-bond donors (Lipinski definition) is 1. The van der Waals surface area contributed by atoms with Crippen LogP contribution in [-0.2, 0) is 19.4 Å². The summed E-state index contributed by atoms with van der Waals surface area (Å²) in [6, 6.07) is 0. The van der Waals surface area contributed by atoms with Crippen molar-refractivity contribution in [2.45, 2.75) is 110 Å². The van der Waals surface area contributed by atoms with Crippen LogP contribution in [0.2, 0.25) is 0 Å². The van der Waals surface area contributed by atoms with Crippen LogP contribution in [0.4, 0.5) is 0 Å². The molecule has 0 spiro atoms. The second-order valence-corrected chi connectivity index (χ2v) is 8.14. The van der Waals surface area contributed by atoms with Gasteiger partial charge >= 0.3 is 45.9 Å². The maximum atomic E-state index is 11.4. The van der Waals surface area contributed by atoms with Gasteiger partial charge in [-0.3, -0.25) is 9.35 Å². The summed E-state index contributed by atoms with van der Waals surface area (Å²) in [7, 11) is -4.68. The molecule has 0 bridgehead atoms. The van der Waals surface area contributed by atoms with Gasteiger partial charge in [0.25, 0.3) is 0 Å². The average Bonchev–Trinajstić information content (AvgIpc) is 2.53. The van der Waals surface area contributed by atoms with Gasteiger partial charge in [-0.1, -0.05) is 104 Å². The summed E-state index contributed by atoms with van der Waals surface area (Å²) in [6.45, 7) is 3.87. The molecule has 0 fully saturated rings.